The summed E-state index contributed by atoms with van der Waals surface area (Å²) in [6.07, 6.45) is 0. The quantitative estimate of drug-likeness (QED) is 0.332. The van der Waals surface area contributed by atoms with Gasteiger partial charge in [-0.25, -0.2) is 22.5 Å². The molecule has 0 spiro atoms. The molecule has 1 heterocycles. The molecule has 1 amide bonds. The van der Waals surface area contributed by atoms with E-state index in [0.29, 0.717) is 11.8 Å². The Labute approximate surface area is 163 Å². The third-order valence-electron chi connectivity index (χ3n) is 4.12. The van der Waals surface area contributed by atoms with Crippen LogP contribution in [0.1, 0.15) is 36.7 Å². The van der Waals surface area contributed by atoms with E-state index in [0.717, 1.165) is 22.5 Å². The van der Waals surface area contributed by atoms with Crippen LogP contribution < -0.4 is 5.32 Å². The van der Waals surface area contributed by atoms with Crippen LogP contribution in [-0.4, -0.2) is 10.9 Å². The lowest BCUT2D eigenvalue weighted by Gasteiger charge is -2.18. The van der Waals surface area contributed by atoms with Gasteiger partial charge in [-0.3, -0.25) is 10.1 Å². The van der Waals surface area contributed by atoms with Crippen molar-refractivity contribution < 1.29 is 22.4 Å². The van der Waals surface area contributed by atoms with E-state index >= 15 is 0 Å². The zero-order valence-corrected chi connectivity index (χ0v) is 16.1. The van der Waals surface area contributed by atoms with Gasteiger partial charge in [0.25, 0.3) is 5.91 Å². The maximum atomic E-state index is 13.7. The van der Waals surface area contributed by atoms with Gasteiger partial charge in [0.2, 0.25) is 0 Å². The predicted molar refractivity (Wildman–Crippen MR) is 100 cm³/mol. The van der Waals surface area contributed by atoms with Gasteiger partial charge in [-0.1, -0.05) is 45.0 Å². The van der Waals surface area contributed by atoms with Crippen LogP contribution in [0.3, 0.4) is 0 Å². The van der Waals surface area contributed by atoms with E-state index in [9.17, 15) is 22.4 Å². The summed E-state index contributed by atoms with van der Waals surface area (Å²) < 4.78 is 53.4. The summed E-state index contributed by atoms with van der Waals surface area (Å²) in [5.41, 5.74) is 1.61. The monoisotopic (exact) mass is 408 g/mol. The minimum atomic E-state index is -2.04. The van der Waals surface area contributed by atoms with Crippen molar-refractivity contribution in [1.82, 2.24) is 4.98 Å². The van der Waals surface area contributed by atoms with Crippen molar-refractivity contribution in [2.75, 3.05) is 5.32 Å². The molecule has 0 aliphatic heterocycles. The number of carbonyl (C=O) groups excluding carboxylic acids is 1. The Balaban J connectivity index is 1.81. The Morgan fingerprint density at radius 3 is 2.25 bits per heavy atom. The molecule has 1 N–H and O–H groups in total. The number of amides is 1. The molecule has 0 fully saturated rings. The molecule has 3 nitrogen and oxygen atoms in total. The molecular weight excluding hydrogens is 392 g/mol. The van der Waals surface area contributed by atoms with Gasteiger partial charge in [0.1, 0.15) is 0 Å². The maximum absolute atomic E-state index is 13.7. The molecule has 8 heteroatoms. The molecule has 0 unspecified atom stereocenters. The normalized spacial score (nSPS) is 11.5. The molecule has 0 saturated carbocycles. The highest BCUT2D eigenvalue weighted by Gasteiger charge is 2.23. The van der Waals surface area contributed by atoms with Gasteiger partial charge in [0.15, 0.2) is 28.4 Å². The molecule has 28 heavy (non-hydrogen) atoms. The minimum absolute atomic E-state index is 0.00349. The van der Waals surface area contributed by atoms with Gasteiger partial charge in [-0.2, -0.15) is 0 Å². The predicted octanol–water partition coefficient (Wildman–Crippen LogP) is 5.92. The van der Waals surface area contributed by atoms with Gasteiger partial charge >= 0.3 is 0 Å². The van der Waals surface area contributed by atoms with Crippen LogP contribution >= 0.6 is 11.3 Å². The molecule has 0 saturated heterocycles. The number of anilines is 1. The molecule has 0 bridgehead atoms. The number of aromatic nitrogens is 1. The van der Waals surface area contributed by atoms with Crippen molar-refractivity contribution in [3.63, 3.8) is 0 Å². The van der Waals surface area contributed by atoms with Crippen LogP contribution in [0.15, 0.2) is 35.7 Å². The fourth-order valence-corrected chi connectivity index (χ4v) is 3.22. The molecular formula is C20H16F4N2OS. The molecule has 0 aliphatic carbocycles. The van der Waals surface area contributed by atoms with E-state index in [4.69, 9.17) is 0 Å². The number of hydrogen-bond donors (Lipinski definition) is 1. The smallest absolute Gasteiger partial charge is 0.260 e. The first-order valence-electron chi connectivity index (χ1n) is 8.28. The van der Waals surface area contributed by atoms with Crippen molar-refractivity contribution in [2.45, 2.75) is 26.2 Å². The topological polar surface area (TPSA) is 42.0 Å². The fourth-order valence-electron chi connectivity index (χ4n) is 2.51. The Hall–Kier alpha value is -2.74. The summed E-state index contributed by atoms with van der Waals surface area (Å²) in [5, 5.41) is 4.07. The summed E-state index contributed by atoms with van der Waals surface area (Å²) in [5.74, 6) is -8.54. The Bertz CT molecular complexity index is 1040. The first-order chi connectivity index (χ1) is 13.1. The van der Waals surface area contributed by atoms with Crippen LogP contribution in [0.25, 0.3) is 11.3 Å². The minimum Gasteiger partial charge on any atom is -0.298 e. The van der Waals surface area contributed by atoms with Crippen molar-refractivity contribution >= 4 is 22.4 Å². The number of halogens is 4. The van der Waals surface area contributed by atoms with Crippen molar-refractivity contribution in [1.29, 1.82) is 0 Å². The Morgan fingerprint density at radius 1 is 1.00 bits per heavy atom. The van der Waals surface area contributed by atoms with Gasteiger partial charge in [-0.15, -0.1) is 11.3 Å². The Kier molecular flexibility index (Phi) is 5.25. The van der Waals surface area contributed by atoms with Crippen molar-refractivity contribution in [3.8, 4) is 11.3 Å². The first-order valence-corrected chi connectivity index (χ1v) is 9.16. The van der Waals surface area contributed by atoms with E-state index in [1.54, 1.807) is 5.38 Å². The van der Waals surface area contributed by atoms with Gasteiger partial charge in [0.05, 0.1) is 11.3 Å². The highest BCUT2D eigenvalue weighted by Crippen LogP contribution is 2.29. The third kappa shape index (κ3) is 3.91. The van der Waals surface area contributed by atoms with Crippen molar-refractivity contribution in [2.24, 2.45) is 0 Å². The summed E-state index contributed by atoms with van der Waals surface area (Å²) in [6, 6.07) is 8.05. The van der Waals surface area contributed by atoms with E-state index < -0.39 is 34.7 Å². The third-order valence-corrected chi connectivity index (χ3v) is 4.88. The number of thiazole rings is 1. The average Bonchev–Trinajstić information content (AvgIpc) is 3.10. The number of hydrogen-bond acceptors (Lipinski definition) is 3. The lowest BCUT2D eigenvalue weighted by molar-refractivity contribution is 0.102. The molecule has 1 aromatic heterocycles. The highest BCUT2D eigenvalue weighted by molar-refractivity contribution is 7.14. The van der Waals surface area contributed by atoms with E-state index in [2.05, 4.69) is 31.1 Å². The van der Waals surface area contributed by atoms with Gasteiger partial charge in [0, 0.05) is 10.9 Å². The second-order valence-corrected chi connectivity index (χ2v) is 8.03. The first kappa shape index (κ1) is 20.0. The number of nitrogens with zero attached hydrogens (tertiary/aromatic N) is 1. The number of benzene rings is 2. The number of rotatable bonds is 3. The number of carbonyl (C=O) groups is 1. The maximum Gasteiger partial charge on any atom is 0.260 e. The fraction of sp³-hybridized carbons (Fsp3) is 0.200. The molecule has 3 aromatic rings. The molecule has 2 aromatic carbocycles. The van der Waals surface area contributed by atoms with Gasteiger partial charge < -0.3 is 0 Å². The van der Waals surface area contributed by atoms with Crippen LogP contribution in [0.4, 0.5) is 22.7 Å². The highest BCUT2D eigenvalue weighted by atomic mass is 32.1. The summed E-state index contributed by atoms with van der Waals surface area (Å²) >= 11 is 1.07. The van der Waals surface area contributed by atoms with Crippen LogP contribution in [-0.2, 0) is 5.41 Å². The molecule has 3 rings (SSSR count). The van der Waals surface area contributed by atoms with Crippen LogP contribution in [0.5, 0.6) is 0 Å². The lowest BCUT2D eigenvalue weighted by atomic mass is 9.86. The molecule has 0 atom stereocenters. The zero-order chi connectivity index (χ0) is 20.6. The molecule has 146 valence electrons. The average molecular weight is 408 g/mol. The summed E-state index contributed by atoms with van der Waals surface area (Å²) in [4.78, 5) is 16.3. The van der Waals surface area contributed by atoms with Crippen LogP contribution in [0, 0.1) is 23.3 Å². The summed E-state index contributed by atoms with van der Waals surface area (Å²) in [6.45, 7) is 6.29. The Morgan fingerprint density at radius 2 is 1.64 bits per heavy atom. The van der Waals surface area contributed by atoms with E-state index in [-0.39, 0.29) is 10.5 Å². The zero-order valence-electron chi connectivity index (χ0n) is 15.2. The molecule has 0 radical (unpaired) electrons. The molecule has 0 aliphatic rings. The largest absolute Gasteiger partial charge is 0.298 e. The van der Waals surface area contributed by atoms with Gasteiger partial charge in [-0.05, 0) is 17.0 Å². The van der Waals surface area contributed by atoms with E-state index in [1.807, 2.05) is 24.3 Å². The van der Waals surface area contributed by atoms with Crippen LogP contribution in [0.2, 0.25) is 0 Å². The SMILES string of the molecule is CC(C)(C)c1ccc(-c2csc(NC(=O)c3cc(F)c(F)c(F)c3F)n2)cc1. The number of nitrogens with one attached hydrogen (secondary N) is 1. The van der Waals surface area contributed by atoms with Crippen molar-refractivity contribution in [3.05, 3.63) is 70.1 Å². The second-order valence-electron chi connectivity index (χ2n) is 7.17. The lowest BCUT2D eigenvalue weighted by Crippen LogP contribution is -2.16. The summed E-state index contributed by atoms with van der Waals surface area (Å²) in [7, 11) is 0. The standard InChI is InChI=1S/C20H16F4N2OS/c1-20(2,3)11-6-4-10(5-7-11)14-9-28-19(25-14)26-18(27)12-8-13(21)16(23)17(24)15(12)22/h4-9H,1-3H3,(H,25,26,27). The van der Waals surface area contributed by atoms with E-state index in [1.165, 1.54) is 0 Å². The second kappa shape index (κ2) is 7.35.